The lowest BCUT2D eigenvalue weighted by Crippen LogP contribution is -2.51. The first-order valence-electron chi connectivity index (χ1n) is 7.52. The molecule has 0 unspecified atom stereocenters. The lowest BCUT2D eigenvalue weighted by Gasteiger charge is -2.36. The Morgan fingerprint density at radius 3 is 2.52 bits per heavy atom. The molecule has 0 aliphatic carbocycles. The highest BCUT2D eigenvalue weighted by Crippen LogP contribution is 2.19. The number of anilines is 1. The number of benzene rings is 1. The lowest BCUT2D eigenvalue weighted by atomic mass is 10.2. The molecule has 3 rings (SSSR count). The molecule has 2 N–H and O–H groups in total. The first kappa shape index (κ1) is 15.6. The zero-order chi connectivity index (χ0) is 16.2. The van der Waals surface area contributed by atoms with Gasteiger partial charge >= 0.3 is 0 Å². The van der Waals surface area contributed by atoms with Gasteiger partial charge in [-0.2, -0.15) is 15.0 Å². The van der Waals surface area contributed by atoms with E-state index in [4.69, 9.17) is 17.3 Å². The van der Waals surface area contributed by atoms with Crippen LogP contribution in [0.25, 0.3) is 0 Å². The van der Waals surface area contributed by atoms with E-state index in [1.165, 1.54) is 10.5 Å². The third-order valence-electron chi connectivity index (χ3n) is 3.85. The van der Waals surface area contributed by atoms with E-state index in [-0.39, 0.29) is 0 Å². The quantitative estimate of drug-likeness (QED) is 0.672. The number of halogens is 1. The largest absolute Gasteiger partial charge is 0.370 e. The predicted octanol–water partition coefficient (Wildman–Crippen LogP) is 1.11. The fraction of sp³-hybridized carbons (Fsp3) is 0.400. The molecule has 1 fully saturated rings. The van der Waals surface area contributed by atoms with E-state index < -0.39 is 0 Å². The van der Waals surface area contributed by atoms with Crippen molar-refractivity contribution in [3.63, 3.8) is 0 Å². The van der Waals surface area contributed by atoms with Crippen molar-refractivity contribution in [2.24, 2.45) is 17.8 Å². The van der Waals surface area contributed by atoms with E-state index in [2.05, 4.69) is 25.0 Å². The van der Waals surface area contributed by atoms with Gasteiger partial charge in [0.25, 0.3) is 0 Å². The molecule has 0 saturated carbocycles. The van der Waals surface area contributed by atoms with Crippen LogP contribution in [-0.2, 0) is 13.6 Å². The molecule has 122 valence electrons. The lowest BCUT2D eigenvalue weighted by molar-refractivity contribution is 0.380. The summed E-state index contributed by atoms with van der Waals surface area (Å²) in [5, 5.41) is 8.97. The molecular weight excluding hydrogens is 314 g/mol. The van der Waals surface area contributed by atoms with E-state index in [9.17, 15) is 0 Å². The zero-order valence-corrected chi connectivity index (χ0v) is 13.8. The normalized spacial score (nSPS) is 16.0. The van der Waals surface area contributed by atoms with Gasteiger partial charge < -0.3 is 15.5 Å². The molecule has 1 saturated heterocycles. The fourth-order valence-electron chi connectivity index (χ4n) is 2.57. The van der Waals surface area contributed by atoms with Crippen LogP contribution in [0, 0.1) is 0 Å². The second kappa shape index (κ2) is 6.87. The minimum Gasteiger partial charge on any atom is -0.370 e. The van der Waals surface area contributed by atoms with Crippen molar-refractivity contribution in [2.75, 3.05) is 31.1 Å². The fourth-order valence-corrected chi connectivity index (χ4v) is 2.69. The summed E-state index contributed by atoms with van der Waals surface area (Å²) in [7, 11) is 1.78. The van der Waals surface area contributed by atoms with Crippen LogP contribution in [0.3, 0.4) is 0 Å². The van der Waals surface area contributed by atoms with Crippen LogP contribution in [-0.4, -0.2) is 52.0 Å². The second-order valence-corrected chi connectivity index (χ2v) is 5.89. The van der Waals surface area contributed by atoms with Crippen molar-refractivity contribution in [3.8, 4) is 0 Å². The third-order valence-corrected chi connectivity index (χ3v) is 4.10. The molecule has 0 radical (unpaired) electrons. The maximum Gasteiger partial charge on any atom is 0.191 e. The highest BCUT2D eigenvalue weighted by Gasteiger charge is 2.18. The van der Waals surface area contributed by atoms with Crippen LogP contribution in [0.15, 0.2) is 35.5 Å². The number of nitrogens with two attached hydrogens (primary N) is 1. The Hall–Kier alpha value is -2.28. The standard InChI is InChI=1S/C15H20ClN7/c1-21-19-11-13(20-21)10-18-15(17)23-8-6-22(7-9-23)14-4-2-12(16)3-5-14/h2-5,11H,6-10H2,1H3,(H2,17,18). The van der Waals surface area contributed by atoms with Crippen molar-refractivity contribution in [1.82, 2.24) is 19.9 Å². The maximum atomic E-state index is 6.09. The van der Waals surface area contributed by atoms with Crippen LogP contribution in [0.1, 0.15) is 5.69 Å². The van der Waals surface area contributed by atoms with Crippen LogP contribution in [0.2, 0.25) is 5.02 Å². The molecule has 1 aliphatic rings. The molecule has 2 heterocycles. The Morgan fingerprint density at radius 2 is 1.91 bits per heavy atom. The first-order valence-corrected chi connectivity index (χ1v) is 7.90. The third kappa shape index (κ3) is 3.92. The average Bonchev–Trinajstić information content (AvgIpc) is 2.99. The van der Waals surface area contributed by atoms with E-state index in [0.717, 1.165) is 36.9 Å². The summed E-state index contributed by atoms with van der Waals surface area (Å²) >= 11 is 5.93. The number of hydrogen-bond donors (Lipinski definition) is 1. The maximum absolute atomic E-state index is 6.09. The van der Waals surface area contributed by atoms with Gasteiger partial charge in [0.05, 0.1) is 12.7 Å². The Labute approximate surface area is 140 Å². The Bertz CT molecular complexity index is 671. The number of hydrogen-bond acceptors (Lipinski definition) is 4. The van der Waals surface area contributed by atoms with Crippen LogP contribution in [0.5, 0.6) is 0 Å². The molecule has 0 amide bonds. The molecule has 7 nitrogen and oxygen atoms in total. The Morgan fingerprint density at radius 1 is 1.22 bits per heavy atom. The first-order chi connectivity index (χ1) is 11.1. The topological polar surface area (TPSA) is 75.6 Å². The SMILES string of the molecule is Cn1ncc(CN=C(N)N2CCN(c3ccc(Cl)cc3)CC2)n1. The van der Waals surface area contributed by atoms with Gasteiger partial charge in [-0.15, -0.1) is 0 Å². The summed E-state index contributed by atoms with van der Waals surface area (Å²) in [4.78, 5) is 10.4. The Balaban J connectivity index is 1.54. The molecular formula is C15H20ClN7. The number of aryl methyl sites for hydroxylation is 1. The number of nitrogens with zero attached hydrogens (tertiary/aromatic N) is 6. The summed E-state index contributed by atoms with van der Waals surface area (Å²) in [5.41, 5.74) is 8.09. The summed E-state index contributed by atoms with van der Waals surface area (Å²) in [5.74, 6) is 0.561. The summed E-state index contributed by atoms with van der Waals surface area (Å²) < 4.78 is 0. The van der Waals surface area contributed by atoms with Gasteiger partial charge in [0, 0.05) is 43.9 Å². The second-order valence-electron chi connectivity index (χ2n) is 5.45. The molecule has 1 aliphatic heterocycles. The van der Waals surface area contributed by atoms with Crippen LogP contribution >= 0.6 is 11.6 Å². The molecule has 23 heavy (non-hydrogen) atoms. The van der Waals surface area contributed by atoms with Crippen molar-refractivity contribution in [3.05, 3.63) is 41.2 Å². The Kier molecular flexibility index (Phi) is 4.66. The van der Waals surface area contributed by atoms with Gasteiger partial charge in [0.2, 0.25) is 0 Å². The van der Waals surface area contributed by atoms with Crippen molar-refractivity contribution >= 4 is 23.2 Å². The average molecular weight is 334 g/mol. The van der Waals surface area contributed by atoms with Crippen molar-refractivity contribution < 1.29 is 0 Å². The summed E-state index contributed by atoms with van der Waals surface area (Å²) in [6.07, 6.45) is 1.70. The minimum atomic E-state index is 0.455. The van der Waals surface area contributed by atoms with Crippen molar-refractivity contribution in [1.29, 1.82) is 0 Å². The van der Waals surface area contributed by atoms with Crippen LogP contribution < -0.4 is 10.6 Å². The molecule has 1 aromatic heterocycles. The van der Waals surface area contributed by atoms with Gasteiger partial charge in [-0.1, -0.05) is 11.6 Å². The predicted molar refractivity (Wildman–Crippen MR) is 91.6 cm³/mol. The van der Waals surface area contributed by atoms with E-state index in [1.807, 2.05) is 24.3 Å². The number of aliphatic imine (C=N–C) groups is 1. The van der Waals surface area contributed by atoms with Gasteiger partial charge in [-0.3, -0.25) is 0 Å². The molecule has 8 heteroatoms. The molecule has 0 atom stereocenters. The zero-order valence-electron chi connectivity index (χ0n) is 13.1. The monoisotopic (exact) mass is 333 g/mol. The van der Waals surface area contributed by atoms with E-state index in [1.54, 1.807) is 13.2 Å². The molecule has 2 aromatic rings. The molecule has 1 aromatic carbocycles. The van der Waals surface area contributed by atoms with E-state index >= 15 is 0 Å². The summed E-state index contributed by atoms with van der Waals surface area (Å²) in [6, 6.07) is 7.92. The summed E-state index contributed by atoms with van der Waals surface area (Å²) in [6.45, 7) is 3.96. The van der Waals surface area contributed by atoms with Crippen molar-refractivity contribution in [2.45, 2.75) is 6.54 Å². The number of aromatic nitrogens is 3. The van der Waals surface area contributed by atoms with E-state index in [0.29, 0.717) is 12.5 Å². The van der Waals surface area contributed by atoms with Gasteiger partial charge in [-0.25, -0.2) is 4.99 Å². The van der Waals surface area contributed by atoms with Crippen LogP contribution in [0.4, 0.5) is 5.69 Å². The van der Waals surface area contributed by atoms with Gasteiger partial charge in [0.15, 0.2) is 5.96 Å². The minimum absolute atomic E-state index is 0.455. The number of piperazine rings is 1. The highest BCUT2D eigenvalue weighted by atomic mass is 35.5. The highest BCUT2D eigenvalue weighted by molar-refractivity contribution is 6.30. The molecule has 0 spiro atoms. The van der Waals surface area contributed by atoms with Gasteiger partial charge in [0.1, 0.15) is 5.69 Å². The van der Waals surface area contributed by atoms with Gasteiger partial charge in [-0.05, 0) is 24.3 Å². The number of guanidine groups is 1. The molecule has 0 bridgehead atoms. The smallest absolute Gasteiger partial charge is 0.191 e. The number of rotatable bonds is 3.